The second kappa shape index (κ2) is 7.00. The van der Waals surface area contributed by atoms with Crippen LogP contribution in [0.3, 0.4) is 0 Å². The van der Waals surface area contributed by atoms with Crippen molar-refractivity contribution in [3.63, 3.8) is 0 Å². The number of amides is 1. The number of likely N-dealkylation sites (tertiary alicyclic amines) is 1. The standard InChI is InChI=1S/C19H16ClIN4O/c1-25-17(26)9-16(18(25)11-2-4-12(20)5-3-11)24-19-14-8-13(21)6-7-15(14)22-10-23-19/h2-8,10,16,18H,9H2,1H3,(H,22,23,24)/t16-,18+/m0/s1. The van der Waals surface area contributed by atoms with Gasteiger partial charge in [-0.1, -0.05) is 23.7 Å². The first-order valence-electron chi connectivity index (χ1n) is 8.21. The highest BCUT2D eigenvalue weighted by molar-refractivity contribution is 14.1. The molecule has 3 aromatic rings. The number of anilines is 1. The van der Waals surface area contributed by atoms with Crippen molar-refractivity contribution >= 4 is 56.8 Å². The minimum absolute atomic E-state index is 0.0763. The molecule has 0 radical (unpaired) electrons. The van der Waals surface area contributed by atoms with Crippen molar-refractivity contribution in [2.24, 2.45) is 0 Å². The van der Waals surface area contributed by atoms with E-state index < -0.39 is 0 Å². The summed E-state index contributed by atoms with van der Waals surface area (Å²) in [5, 5.41) is 5.12. The number of hydrogen-bond acceptors (Lipinski definition) is 4. The zero-order chi connectivity index (χ0) is 18.3. The fourth-order valence-electron chi connectivity index (χ4n) is 3.43. The lowest BCUT2D eigenvalue weighted by molar-refractivity contribution is -0.127. The van der Waals surface area contributed by atoms with Crippen LogP contribution in [0.5, 0.6) is 0 Å². The number of fused-ring (bicyclic) bond motifs is 1. The van der Waals surface area contributed by atoms with E-state index in [1.165, 1.54) is 0 Å². The Kier molecular flexibility index (Phi) is 4.71. The highest BCUT2D eigenvalue weighted by Crippen LogP contribution is 2.35. The molecule has 0 unspecified atom stereocenters. The first kappa shape index (κ1) is 17.5. The molecule has 1 aliphatic rings. The Labute approximate surface area is 169 Å². The van der Waals surface area contributed by atoms with E-state index in [1.807, 2.05) is 43.4 Å². The summed E-state index contributed by atoms with van der Waals surface area (Å²) in [6.07, 6.45) is 1.97. The third-order valence-corrected chi connectivity index (χ3v) is 5.64. The van der Waals surface area contributed by atoms with Gasteiger partial charge in [-0.15, -0.1) is 0 Å². The lowest BCUT2D eigenvalue weighted by Crippen LogP contribution is -2.30. The molecule has 26 heavy (non-hydrogen) atoms. The van der Waals surface area contributed by atoms with Crippen LogP contribution < -0.4 is 5.32 Å². The summed E-state index contributed by atoms with van der Waals surface area (Å²) in [5.41, 5.74) is 1.93. The summed E-state index contributed by atoms with van der Waals surface area (Å²) in [6, 6.07) is 13.5. The number of benzene rings is 2. The molecule has 1 aliphatic heterocycles. The number of halogens is 2. The van der Waals surface area contributed by atoms with E-state index in [4.69, 9.17) is 11.6 Å². The van der Waals surface area contributed by atoms with Crippen LogP contribution in [-0.2, 0) is 4.79 Å². The van der Waals surface area contributed by atoms with Crippen LogP contribution >= 0.6 is 34.2 Å². The van der Waals surface area contributed by atoms with E-state index in [1.54, 1.807) is 11.2 Å². The molecule has 0 aliphatic carbocycles. The predicted molar refractivity (Wildman–Crippen MR) is 111 cm³/mol. The maximum absolute atomic E-state index is 12.4. The highest BCUT2D eigenvalue weighted by atomic mass is 127. The lowest BCUT2D eigenvalue weighted by Gasteiger charge is -2.26. The van der Waals surface area contributed by atoms with Crippen molar-refractivity contribution < 1.29 is 4.79 Å². The van der Waals surface area contributed by atoms with Gasteiger partial charge in [-0.05, 0) is 58.5 Å². The summed E-state index contributed by atoms with van der Waals surface area (Å²) >= 11 is 8.29. The average Bonchev–Trinajstić information content (AvgIpc) is 2.90. The monoisotopic (exact) mass is 478 g/mol. The molecule has 0 saturated carbocycles. The molecule has 2 aromatic carbocycles. The zero-order valence-corrected chi connectivity index (χ0v) is 16.9. The molecule has 1 fully saturated rings. The SMILES string of the molecule is CN1C(=O)C[C@H](Nc2ncnc3ccc(I)cc23)[C@H]1c1ccc(Cl)cc1. The van der Waals surface area contributed by atoms with Crippen molar-refractivity contribution in [3.8, 4) is 0 Å². The fraction of sp³-hybridized carbons (Fsp3) is 0.211. The first-order valence-corrected chi connectivity index (χ1v) is 9.66. The van der Waals surface area contributed by atoms with Crippen LogP contribution in [0.2, 0.25) is 5.02 Å². The highest BCUT2D eigenvalue weighted by Gasteiger charge is 2.38. The van der Waals surface area contributed by atoms with E-state index >= 15 is 0 Å². The molecule has 1 amide bonds. The molecule has 1 saturated heterocycles. The van der Waals surface area contributed by atoms with Gasteiger partial charge < -0.3 is 10.2 Å². The van der Waals surface area contributed by atoms with Crippen LogP contribution in [0.1, 0.15) is 18.0 Å². The summed E-state index contributed by atoms with van der Waals surface area (Å²) in [5.74, 6) is 0.857. The van der Waals surface area contributed by atoms with Gasteiger partial charge in [-0.25, -0.2) is 9.97 Å². The van der Waals surface area contributed by atoms with Crippen LogP contribution in [0.4, 0.5) is 5.82 Å². The Morgan fingerprint density at radius 3 is 2.73 bits per heavy atom. The molecule has 4 rings (SSSR count). The van der Waals surface area contributed by atoms with E-state index in [0.717, 1.165) is 25.9 Å². The number of carbonyl (C=O) groups is 1. The van der Waals surface area contributed by atoms with Gasteiger partial charge >= 0.3 is 0 Å². The average molecular weight is 479 g/mol. The van der Waals surface area contributed by atoms with Crippen molar-refractivity contribution in [1.82, 2.24) is 14.9 Å². The summed E-state index contributed by atoms with van der Waals surface area (Å²) in [7, 11) is 1.84. The van der Waals surface area contributed by atoms with Gasteiger partial charge in [0.25, 0.3) is 0 Å². The second-order valence-electron chi connectivity index (χ2n) is 6.34. The molecule has 2 heterocycles. The number of aromatic nitrogens is 2. The molecular formula is C19H16ClIN4O. The Balaban J connectivity index is 1.71. The number of likely N-dealkylation sites (N-methyl/N-ethyl adjacent to an activating group) is 1. The quantitative estimate of drug-likeness (QED) is 0.571. The minimum Gasteiger partial charge on any atom is -0.364 e. The Morgan fingerprint density at radius 2 is 1.96 bits per heavy atom. The predicted octanol–water partition coefficient (Wildman–Crippen LogP) is 4.27. The fourth-order valence-corrected chi connectivity index (χ4v) is 4.05. The Morgan fingerprint density at radius 1 is 1.19 bits per heavy atom. The third-order valence-electron chi connectivity index (χ3n) is 4.72. The van der Waals surface area contributed by atoms with Gasteiger partial charge in [0.1, 0.15) is 12.1 Å². The maximum Gasteiger partial charge on any atom is 0.225 e. The van der Waals surface area contributed by atoms with E-state index in [2.05, 4.69) is 43.9 Å². The molecule has 5 nitrogen and oxygen atoms in total. The molecule has 7 heteroatoms. The molecule has 2 atom stereocenters. The molecule has 0 spiro atoms. The number of rotatable bonds is 3. The number of carbonyl (C=O) groups excluding carboxylic acids is 1. The zero-order valence-electron chi connectivity index (χ0n) is 14.0. The molecule has 1 aromatic heterocycles. The summed E-state index contributed by atoms with van der Waals surface area (Å²) < 4.78 is 1.11. The van der Waals surface area contributed by atoms with Crippen molar-refractivity contribution in [1.29, 1.82) is 0 Å². The molecule has 0 bridgehead atoms. The second-order valence-corrected chi connectivity index (χ2v) is 8.02. The molecule has 132 valence electrons. The number of hydrogen-bond donors (Lipinski definition) is 1. The Bertz CT molecular complexity index is 979. The minimum atomic E-state index is -0.0790. The summed E-state index contributed by atoms with van der Waals surface area (Å²) in [6.45, 7) is 0. The van der Waals surface area contributed by atoms with Crippen molar-refractivity contribution in [2.45, 2.75) is 18.5 Å². The summed E-state index contributed by atoms with van der Waals surface area (Å²) in [4.78, 5) is 22.9. The van der Waals surface area contributed by atoms with Gasteiger partial charge in [0, 0.05) is 27.4 Å². The van der Waals surface area contributed by atoms with Gasteiger partial charge in [0.05, 0.1) is 17.6 Å². The maximum atomic E-state index is 12.4. The van der Waals surface area contributed by atoms with Crippen molar-refractivity contribution in [2.75, 3.05) is 12.4 Å². The Hall–Kier alpha value is -1.93. The van der Waals surface area contributed by atoms with E-state index in [0.29, 0.717) is 11.4 Å². The van der Waals surface area contributed by atoms with Gasteiger partial charge in [-0.3, -0.25) is 4.79 Å². The van der Waals surface area contributed by atoms with Crippen molar-refractivity contribution in [3.05, 3.63) is 62.9 Å². The largest absolute Gasteiger partial charge is 0.364 e. The normalized spacial score (nSPS) is 20.0. The van der Waals surface area contributed by atoms with E-state index in [-0.39, 0.29) is 18.0 Å². The van der Waals surface area contributed by atoms with Crippen LogP contribution in [-0.4, -0.2) is 33.9 Å². The van der Waals surface area contributed by atoms with Crippen LogP contribution in [0.15, 0.2) is 48.8 Å². The van der Waals surface area contributed by atoms with E-state index in [9.17, 15) is 4.79 Å². The lowest BCUT2D eigenvalue weighted by atomic mass is 10.00. The molecule has 1 N–H and O–H groups in total. The smallest absolute Gasteiger partial charge is 0.225 e. The first-order chi connectivity index (χ1) is 12.5. The number of nitrogens with zero attached hydrogens (tertiary/aromatic N) is 3. The third kappa shape index (κ3) is 3.23. The van der Waals surface area contributed by atoms with Gasteiger partial charge in [0.2, 0.25) is 5.91 Å². The van der Waals surface area contributed by atoms with Gasteiger partial charge in [-0.2, -0.15) is 0 Å². The topological polar surface area (TPSA) is 58.1 Å². The number of nitrogens with one attached hydrogen (secondary N) is 1. The van der Waals surface area contributed by atoms with Crippen LogP contribution in [0, 0.1) is 3.57 Å². The molecular weight excluding hydrogens is 463 g/mol. The van der Waals surface area contributed by atoms with Gasteiger partial charge in [0.15, 0.2) is 0 Å². The van der Waals surface area contributed by atoms with Crippen LogP contribution in [0.25, 0.3) is 10.9 Å².